The lowest BCUT2D eigenvalue weighted by molar-refractivity contribution is -0.119. The van der Waals surface area contributed by atoms with Gasteiger partial charge in [0.2, 0.25) is 11.8 Å². The van der Waals surface area contributed by atoms with E-state index in [4.69, 9.17) is 16.0 Å². The van der Waals surface area contributed by atoms with Gasteiger partial charge in [0, 0.05) is 23.4 Å². The Bertz CT molecular complexity index is 1230. The van der Waals surface area contributed by atoms with Gasteiger partial charge in [0.15, 0.2) is 0 Å². The Labute approximate surface area is 197 Å². The molecule has 172 valence electrons. The number of carbonyl (C=O) groups is 2. The number of halogens is 1. The molecule has 1 aromatic carbocycles. The number of amides is 2. The molecule has 1 saturated carbocycles. The van der Waals surface area contributed by atoms with Crippen molar-refractivity contribution in [3.63, 3.8) is 0 Å². The molecule has 3 atom stereocenters. The van der Waals surface area contributed by atoms with Crippen LogP contribution in [-0.4, -0.2) is 21.6 Å². The average molecular weight is 467 g/mol. The summed E-state index contributed by atoms with van der Waals surface area (Å²) in [5, 5.41) is 10.3. The van der Waals surface area contributed by atoms with E-state index in [1.807, 2.05) is 32.0 Å². The lowest BCUT2D eigenvalue weighted by Crippen LogP contribution is -2.25. The normalized spacial score (nSPS) is 18.3. The number of nitrogens with zero attached hydrogens (tertiary/aromatic N) is 2. The predicted molar refractivity (Wildman–Crippen MR) is 129 cm³/mol. The van der Waals surface area contributed by atoms with E-state index < -0.39 is 6.04 Å². The molecule has 8 heteroatoms. The van der Waals surface area contributed by atoms with Gasteiger partial charge in [0.05, 0.1) is 16.4 Å². The maximum absolute atomic E-state index is 12.7. The van der Waals surface area contributed by atoms with Crippen molar-refractivity contribution in [1.29, 1.82) is 0 Å². The van der Waals surface area contributed by atoms with Crippen LogP contribution in [0.3, 0.4) is 0 Å². The third-order valence-corrected chi connectivity index (χ3v) is 6.12. The number of anilines is 2. The maximum Gasteiger partial charge on any atom is 0.248 e. The Balaban J connectivity index is 1.35. The van der Waals surface area contributed by atoms with Gasteiger partial charge in [-0.3, -0.25) is 14.3 Å². The smallest absolute Gasteiger partial charge is 0.248 e. The number of benzene rings is 1. The van der Waals surface area contributed by atoms with Gasteiger partial charge < -0.3 is 15.1 Å². The number of aromatic nitrogens is 2. The van der Waals surface area contributed by atoms with Gasteiger partial charge in [0.25, 0.3) is 0 Å². The van der Waals surface area contributed by atoms with E-state index >= 15 is 0 Å². The van der Waals surface area contributed by atoms with Crippen LogP contribution >= 0.6 is 11.6 Å². The van der Waals surface area contributed by atoms with Crippen LogP contribution in [0.25, 0.3) is 6.08 Å². The van der Waals surface area contributed by atoms with Crippen molar-refractivity contribution in [2.45, 2.75) is 46.1 Å². The second-order valence-corrected chi connectivity index (χ2v) is 9.02. The third-order valence-electron chi connectivity index (χ3n) is 5.81. The molecular formula is C25H27ClN4O3. The number of rotatable bonds is 7. The number of hydrogen-bond acceptors (Lipinski definition) is 4. The molecule has 0 aliphatic heterocycles. The van der Waals surface area contributed by atoms with Crippen LogP contribution < -0.4 is 10.6 Å². The molecule has 2 aromatic heterocycles. The Morgan fingerprint density at radius 3 is 2.61 bits per heavy atom. The van der Waals surface area contributed by atoms with Crippen molar-refractivity contribution in [1.82, 2.24) is 9.78 Å². The minimum Gasteiger partial charge on any atom is -0.461 e. The van der Waals surface area contributed by atoms with E-state index in [0.29, 0.717) is 34.0 Å². The first-order valence-corrected chi connectivity index (χ1v) is 11.3. The number of hydrogen-bond donors (Lipinski definition) is 2. The molecule has 2 heterocycles. The van der Waals surface area contributed by atoms with E-state index in [-0.39, 0.29) is 11.8 Å². The molecule has 1 fully saturated rings. The molecule has 0 saturated heterocycles. The second-order valence-electron chi connectivity index (χ2n) is 8.61. The quantitative estimate of drug-likeness (QED) is 0.436. The SMILES string of the molecule is Cc1cc(C)n(C(C)C(=O)Nc2ccc(NC(=O)/C=C/c3ccc(C4CC4C)o3)cc2Cl)n1. The van der Waals surface area contributed by atoms with Gasteiger partial charge in [-0.2, -0.15) is 5.10 Å². The van der Waals surface area contributed by atoms with Crippen molar-refractivity contribution in [3.8, 4) is 0 Å². The van der Waals surface area contributed by atoms with Crippen LogP contribution in [0.15, 0.2) is 46.9 Å². The largest absolute Gasteiger partial charge is 0.461 e. The summed E-state index contributed by atoms with van der Waals surface area (Å²) in [4.78, 5) is 24.9. The molecule has 4 rings (SSSR count). The van der Waals surface area contributed by atoms with Crippen LogP contribution in [0.5, 0.6) is 0 Å². The van der Waals surface area contributed by atoms with Gasteiger partial charge in [-0.15, -0.1) is 0 Å². The van der Waals surface area contributed by atoms with Crippen LogP contribution in [0.4, 0.5) is 11.4 Å². The molecule has 1 aliphatic carbocycles. The summed E-state index contributed by atoms with van der Waals surface area (Å²) in [5.74, 6) is 2.24. The van der Waals surface area contributed by atoms with E-state index in [1.165, 1.54) is 6.08 Å². The lowest BCUT2D eigenvalue weighted by atomic mass is 10.2. The van der Waals surface area contributed by atoms with Crippen LogP contribution in [0, 0.1) is 19.8 Å². The number of nitrogens with one attached hydrogen (secondary N) is 2. The fraction of sp³-hybridized carbons (Fsp3) is 0.320. The number of carbonyl (C=O) groups excluding carboxylic acids is 2. The highest BCUT2D eigenvalue weighted by atomic mass is 35.5. The summed E-state index contributed by atoms with van der Waals surface area (Å²) >= 11 is 6.34. The first-order chi connectivity index (χ1) is 15.7. The number of aryl methyl sites for hydroxylation is 2. The fourth-order valence-corrected chi connectivity index (χ4v) is 4.03. The second kappa shape index (κ2) is 9.27. The molecule has 7 nitrogen and oxygen atoms in total. The van der Waals surface area contributed by atoms with Crippen molar-refractivity contribution in [2.24, 2.45) is 5.92 Å². The molecule has 0 spiro atoms. The van der Waals surface area contributed by atoms with Gasteiger partial charge in [-0.1, -0.05) is 18.5 Å². The van der Waals surface area contributed by atoms with Crippen LogP contribution in [0.2, 0.25) is 5.02 Å². The highest BCUT2D eigenvalue weighted by Gasteiger charge is 2.36. The average Bonchev–Trinajstić information content (AvgIpc) is 3.16. The van der Waals surface area contributed by atoms with Crippen molar-refractivity contribution >= 4 is 40.9 Å². The first-order valence-electron chi connectivity index (χ1n) is 10.9. The van der Waals surface area contributed by atoms with E-state index in [9.17, 15) is 9.59 Å². The Morgan fingerprint density at radius 1 is 1.21 bits per heavy atom. The predicted octanol–water partition coefficient (Wildman–Crippen LogP) is 5.72. The molecule has 1 aliphatic rings. The molecule has 3 aromatic rings. The van der Waals surface area contributed by atoms with E-state index in [2.05, 4.69) is 22.7 Å². The molecule has 2 amide bonds. The molecule has 0 bridgehead atoms. The number of furan rings is 1. The standard InChI is InChI=1S/C25H27ClN4O3/c1-14-11-20(14)23-9-6-19(33-23)7-10-24(31)27-18-5-8-22(21(26)13-18)28-25(32)17(4)30-16(3)12-15(2)29-30/h5-10,12-14,17,20H,11H2,1-4H3,(H,27,31)(H,28,32)/b10-7+. The Kier molecular flexibility index (Phi) is 6.42. The van der Waals surface area contributed by atoms with Crippen molar-refractivity contribution in [2.75, 3.05) is 10.6 Å². The molecule has 33 heavy (non-hydrogen) atoms. The van der Waals surface area contributed by atoms with E-state index in [0.717, 1.165) is 23.6 Å². The van der Waals surface area contributed by atoms with Gasteiger partial charge in [-0.05, 0) is 75.6 Å². The maximum atomic E-state index is 12.7. The van der Waals surface area contributed by atoms with Crippen LogP contribution in [-0.2, 0) is 9.59 Å². The Hall–Kier alpha value is -3.32. The van der Waals surface area contributed by atoms with Crippen LogP contribution in [0.1, 0.15) is 55.1 Å². The lowest BCUT2D eigenvalue weighted by Gasteiger charge is -2.15. The summed E-state index contributed by atoms with van der Waals surface area (Å²) in [7, 11) is 0. The molecule has 3 unspecified atom stereocenters. The van der Waals surface area contributed by atoms with Gasteiger partial charge >= 0.3 is 0 Å². The Morgan fingerprint density at radius 2 is 1.97 bits per heavy atom. The summed E-state index contributed by atoms with van der Waals surface area (Å²) in [6.07, 6.45) is 4.21. The molecule has 0 radical (unpaired) electrons. The minimum absolute atomic E-state index is 0.235. The van der Waals surface area contributed by atoms with Crippen molar-refractivity contribution < 1.29 is 14.0 Å². The highest BCUT2D eigenvalue weighted by Crippen LogP contribution is 2.47. The summed E-state index contributed by atoms with van der Waals surface area (Å²) in [5.41, 5.74) is 2.73. The third kappa shape index (κ3) is 5.37. The minimum atomic E-state index is -0.496. The topological polar surface area (TPSA) is 89.2 Å². The summed E-state index contributed by atoms with van der Waals surface area (Å²) in [6, 6.07) is 10.2. The monoisotopic (exact) mass is 466 g/mol. The van der Waals surface area contributed by atoms with E-state index in [1.54, 1.807) is 35.9 Å². The summed E-state index contributed by atoms with van der Waals surface area (Å²) < 4.78 is 7.45. The van der Waals surface area contributed by atoms with Gasteiger partial charge in [-0.25, -0.2) is 0 Å². The molecular weight excluding hydrogens is 440 g/mol. The zero-order chi connectivity index (χ0) is 23.7. The first kappa shape index (κ1) is 22.9. The fourth-order valence-electron chi connectivity index (χ4n) is 3.80. The van der Waals surface area contributed by atoms with Gasteiger partial charge in [0.1, 0.15) is 17.6 Å². The zero-order valence-corrected chi connectivity index (χ0v) is 19.8. The van der Waals surface area contributed by atoms with Crippen molar-refractivity contribution in [3.05, 3.63) is 70.4 Å². The zero-order valence-electron chi connectivity index (χ0n) is 19.1. The molecule has 2 N–H and O–H groups in total. The summed E-state index contributed by atoms with van der Waals surface area (Å²) in [6.45, 7) is 7.76. The highest BCUT2D eigenvalue weighted by molar-refractivity contribution is 6.34.